The topological polar surface area (TPSA) is 127 Å². The highest BCUT2D eigenvalue weighted by Crippen LogP contribution is 2.28. The summed E-state index contributed by atoms with van der Waals surface area (Å²) in [6.07, 6.45) is 0. The summed E-state index contributed by atoms with van der Waals surface area (Å²) in [6, 6.07) is 5.48. The van der Waals surface area contributed by atoms with Crippen LogP contribution in [0.2, 0.25) is 0 Å². The highest BCUT2D eigenvalue weighted by Gasteiger charge is 2.21. The second-order valence-corrected chi connectivity index (χ2v) is 6.84. The van der Waals surface area contributed by atoms with Gasteiger partial charge in [0.15, 0.2) is 0 Å². The lowest BCUT2D eigenvalue weighted by Gasteiger charge is -2.11. The zero-order valence-corrected chi connectivity index (χ0v) is 15.4. The number of hydrogen-bond donors (Lipinski definition) is 2. The first-order valence-electron chi connectivity index (χ1n) is 7.31. The molecule has 140 valence electrons. The molecule has 0 atom stereocenters. The second kappa shape index (κ2) is 7.48. The Balaban J connectivity index is 2.42. The summed E-state index contributed by atoms with van der Waals surface area (Å²) in [4.78, 5) is 13.7. The molecule has 0 unspecified atom stereocenters. The molecule has 0 radical (unpaired) electrons. The summed E-state index contributed by atoms with van der Waals surface area (Å²) in [5.41, 5.74) is -1.14. The molecule has 1 heterocycles. The molecule has 2 rings (SSSR count). The standard InChI is InChI=1S/C16H18N2O7S/c1-9-7-12(19)15(16(20)25-9)10(2)17-18-26(21,22)14-8-11(23-3)5-6-13(14)24-4/h5-8,18-19H,1-4H3. The summed E-state index contributed by atoms with van der Waals surface area (Å²) >= 11 is 0. The Morgan fingerprint density at radius 2 is 1.92 bits per heavy atom. The van der Waals surface area contributed by atoms with Crippen LogP contribution in [-0.4, -0.2) is 33.5 Å². The molecule has 0 amide bonds. The first-order chi connectivity index (χ1) is 12.2. The zero-order valence-electron chi connectivity index (χ0n) is 14.6. The Morgan fingerprint density at radius 3 is 2.50 bits per heavy atom. The molecule has 2 aromatic rings. The molecule has 0 aliphatic rings. The number of ether oxygens (including phenoxy) is 2. The van der Waals surface area contributed by atoms with Gasteiger partial charge in [-0.3, -0.25) is 0 Å². The Morgan fingerprint density at radius 1 is 1.23 bits per heavy atom. The largest absolute Gasteiger partial charge is 0.507 e. The Bertz CT molecular complexity index is 1010. The van der Waals surface area contributed by atoms with Gasteiger partial charge in [-0.2, -0.15) is 18.4 Å². The van der Waals surface area contributed by atoms with Gasteiger partial charge < -0.3 is 19.0 Å². The van der Waals surface area contributed by atoms with Crippen LogP contribution in [0.15, 0.2) is 43.5 Å². The van der Waals surface area contributed by atoms with Gasteiger partial charge in [0, 0.05) is 12.1 Å². The third-order valence-corrected chi connectivity index (χ3v) is 4.64. The number of benzene rings is 1. The quantitative estimate of drug-likeness (QED) is 0.570. The normalized spacial score (nSPS) is 11.9. The number of hydrazone groups is 1. The molecule has 0 bridgehead atoms. The van der Waals surface area contributed by atoms with Crippen molar-refractivity contribution in [2.24, 2.45) is 5.10 Å². The van der Waals surface area contributed by atoms with Crippen LogP contribution < -0.4 is 19.9 Å². The predicted molar refractivity (Wildman–Crippen MR) is 93.5 cm³/mol. The van der Waals surface area contributed by atoms with Crippen LogP contribution in [0.25, 0.3) is 0 Å². The molecule has 0 fully saturated rings. The fraction of sp³-hybridized carbons (Fsp3) is 0.250. The fourth-order valence-electron chi connectivity index (χ4n) is 2.16. The maximum absolute atomic E-state index is 12.5. The number of rotatable bonds is 6. The third kappa shape index (κ3) is 3.97. The van der Waals surface area contributed by atoms with E-state index < -0.39 is 15.6 Å². The van der Waals surface area contributed by atoms with Crippen molar-refractivity contribution >= 4 is 15.7 Å². The van der Waals surface area contributed by atoms with E-state index in [9.17, 15) is 18.3 Å². The van der Waals surface area contributed by atoms with Gasteiger partial charge in [0.05, 0.1) is 19.9 Å². The first kappa shape index (κ1) is 19.3. The minimum absolute atomic E-state index is 0.0679. The number of hydrogen-bond acceptors (Lipinski definition) is 8. The van der Waals surface area contributed by atoms with Crippen LogP contribution in [0.5, 0.6) is 17.2 Å². The number of methoxy groups -OCH3 is 2. The monoisotopic (exact) mass is 382 g/mol. The van der Waals surface area contributed by atoms with E-state index in [-0.39, 0.29) is 33.4 Å². The van der Waals surface area contributed by atoms with Crippen molar-refractivity contribution in [3.05, 3.63) is 46.0 Å². The summed E-state index contributed by atoms with van der Waals surface area (Å²) in [5, 5.41) is 13.6. The minimum Gasteiger partial charge on any atom is -0.507 e. The molecule has 1 aromatic heterocycles. The van der Waals surface area contributed by atoms with Crippen LogP contribution >= 0.6 is 0 Å². The van der Waals surface area contributed by atoms with Crippen molar-refractivity contribution < 1.29 is 27.4 Å². The summed E-state index contributed by atoms with van der Waals surface area (Å²) < 4.78 is 40.0. The second-order valence-electron chi connectivity index (χ2n) is 5.21. The van der Waals surface area contributed by atoms with E-state index in [1.165, 1.54) is 46.3 Å². The third-order valence-electron chi connectivity index (χ3n) is 3.41. The van der Waals surface area contributed by atoms with E-state index in [4.69, 9.17) is 13.9 Å². The van der Waals surface area contributed by atoms with Crippen molar-refractivity contribution in [1.29, 1.82) is 0 Å². The number of nitrogens with zero attached hydrogens (tertiary/aromatic N) is 1. The zero-order chi connectivity index (χ0) is 19.5. The van der Waals surface area contributed by atoms with E-state index >= 15 is 0 Å². The highest BCUT2D eigenvalue weighted by molar-refractivity contribution is 7.89. The lowest BCUT2D eigenvalue weighted by Crippen LogP contribution is -2.22. The molecule has 2 N–H and O–H groups in total. The average molecular weight is 382 g/mol. The number of sulfonamides is 1. The van der Waals surface area contributed by atoms with Gasteiger partial charge >= 0.3 is 5.63 Å². The maximum Gasteiger partial charge on any atom is 0.348 e. The Kier molecular flexibility index (Phi) is 5.56. The maximum atomic E-state index is 12.5. The molecule has 9 nitrogen and oxygen atoms in total. The van der Waals surface area contributed by atoms with Gasteiger partial charge in [0.2, 0.25) is 0 Å². The van der Waals surface area contributed by atoms with Crippen molar-refractivity contribution in [3.63, 3.8) is 0 Å². The fourth-order valence-corrected chi connectivity index (χ4v) is 3.20. The van der Waals surface area contributed by atoms with E-state index in [2.05, 4.69) is 5.10 Å². The van der Waals surface area contributed by atoms with Crippen molar-refractivity contribution in [1.82, 2.24) is 4.83 Å². The smallest absolute Gasteiger partial charge is 0.348 e. The molecule has 0 aliphatic heterocycles. The van der Waals surface area contributed by atoms with Gasteiger partial charge in [-0.25, -0.2) is 4.79 Å². The molecular weight excluding hydrogens is 364 g/mol. The molecule has 0 spiro atoms. The molecule has 0 aliphatic carbocycles. The molecule has 0 saturated carbocycles. The summed E-state index contributed by atoms with van der Waals surface area (Å²) in [7, 11) is -1.41. The summed E-state index contributed by atoms with van der Waals surface area (Å²) in [6.45, 7) is 2.85. The van der Waals surface area contributed by atoms with Gasteiger partial charge in [-0.15, -0.1) is 0 Å². The molecule has 0 saturated heterocycles. The molecule has 26 heavy (non-hydrogen) atoms. The van der Waals surface area contributed by atoms with Crippen molar-refractivity contribution in [2.75, 3.05) is 14.2 Å². The van der Waals surface area contributed by atoms with Crippen LogP contribution in [0, 0.1) is 6.92 Å². The minimum atomic E-state index is -4.13. The van der Waals surface area contributed by atoms with Gasteiger partial charge in [0.1, 0.15) is 33.5 Å². The van der Waals surface area contributed by atoms with Crippen molar-refractivity contribution in [3.8, 4) is 17.2 Å². The van der Waals surface area contributed by atoms with Gasteiger partial charge in [-0.1, -0.05) is 0 Å². The molecule has 10 heteroatoms. The van der Waals surface area contributed by atoms with Gasteiger partial charge in [0.25, 0.3) is 10.0 Å². The number of nitrogens with one attached hydrogen (secondary N) is 1. The SMILES string of the molecule is COc1ccc(OC)c(S(=O)(=O)NN=C(C)c2c(O)cc(C)oc2=O)c1. The Labute approximate surface area is 149 Å². The number of aryl methyl sites for hydroxylation is 1. The molecular formula is C16H18N2O7S. The van der Waals surface area contributed by atoms with E-state index in [1.54, 1.807) is 6.07 Å². The van der Waals surface area contributed by atoms with Crippen LogP contribution in [0.3, 0.4) is 0 Å². The van der Waals surface area contributed by atoms with Crippen LogP contribution in [0.1, 0.15) is 18.2 Å². The van der Waals surface area contributed by atoms with Crippen LogP contribution in [0.4, 0.5) is 0 Å². The van der Waals surface area contributed by atoms with E-state index in [1.807, 2.05) is 4.83 Å². The average Bonchev–Trinajstić information content (AvgIpc) is 2.58. The van der Waals surface area contributed by atoms with Gasteiger partial charge in [-0.05, 0) is 26.0 Å². The Hall–Kier alpha value is -3.01. The first-order valence-corrected chi connectivity index (χ1v) is 8.80. The van der Waals surface area contributed by atoms with E-state index in [0.29, 0.717) is 5.75 Å². The summed E-state index contributed by atoms with van der Waals surface area (Å²) in [5.74, 6) is 0.247. The number of aromatic hydroxyl groups is 1. The lowest BCUT2D eigenvalue weighted by molar-refractivity contribution is 0.392. The molecule has 1 aromatic carbocycles. The predicted octanol–water partition coefficient (Wildman–Crippen LogP) is 1.37. The van der Waals surface area contributed by atoms with Crippen molar-refractivity contribution in [2.45, 2.75) is 18.7 Å². The van der Waals surface area contributed by atoms with E-state index in [0.717, 1.165) is 0 Å². The highest BCUT2D eigenvalue weighted by atomic mass is 32.2. The lowest BCUT2D eigenvalue weighted by atomic mass is 10.2. The van der Waals surface area contributed by atoms with Crippen LogP contribution in [-0.2, 0) is 10.0 Å².